The van der Waals surface area contributed by atoms with E-state index in [1.165, 1.54) is 6.20 Å². The van der Waals surface area contributed by atoms with Crippen molar-refractivity contribution in [3.05, 3.63) is 23.1 Å². The average Bonchev–Trinajstić information content (AvgIpc) is 2.96. The van der Waals surface area contributed by atoms with Crippen molar-refractivity contribution in [3.63, 3.8) is 0 Å². The standard InChI is InChI=1S/C10H8F3N3S/c11-10(12,13)9(3-4-9)16-7-6(15-8(16)17)2-1-5-14-7/h1-2,5H,3-4H2,(H,15,17). The zero-order valence-electron chi connectivity index (χ0n) is 8.58. The minimum Gasteiger partial charge on any atom is -0.329 e. The van der Waals surface area contributed by atoms with Crippen LogP contribution in [0.2, 0.25) is 0 Å². The number of halogens is 3. The first-order valence-corrected chi connectivity index (χ1v) is 5.49. The van der Waals surface area contributed by atoms with Crippen LogP contribution in [0.25, 0.3) is 11.2 Å². The van der Waals surface area contributed by atoms with E-state index in [1.807, 2.05) is 0 Å². The average molecular weight is 259 g/mol. The van der Waals surface area contributed by atoms with Crippen LogP contribution in [0.3, 0.4) is 0 Å². The molecular formula is C10H8F3N3S. The Bertz CT molecular complexity index is 636. The van der Waals surface area contributed by atoms with Crippen LogP contribution in [0, 0.1) is 4.77 Å². The Balaban J connectivity index is 2.32. The van der Waals surface area contributed by atoms with E-state index in [0.717, 1.165) is 4.57 Å². The summed E-state index contributed by atoms with van der Waals surface area (Å²) in [5.74, 6) is 0. The fraction of sp³-hybridized carbons (Fsp3) is 0.400. The second kappa shape index (κ2) is 3.10. The number of hydrogen-bond donors (Lipinski definition) is 1. The summed E-state index contributed by atoms with van der Waals surface area (Å²) in [4.78, 5) is 6.75. The van der Waals surface area contributed by atoms with Crippen LogP contribution >= 0.6 is 12.2 Å². The van der Waals surface area contributed by atoms with Crippen molar-refractivity contribution in [1.29, 1.82) is 0 Å². The molecule has 3 rings (SSSR count). The smallest absolute Gasteiger partial charge is 0.329 e. The number of pyridine rings is 1. The third-order valence-corrected chi connectivity index (χ3v) is 3.41. The molecule has 0 aromatic carbocycles. The highest BCUT2D eigenvalue weighted by atomic mass is 32.1. The molecule has 90 valence electrons. The molecule has 0 radical (unpaired) electrons. The molecular weight excluding hydrogens is 251 g/mol. The molecule has 0 atom stereocenters. The van der Waals surface area contributed by atoms with Crippen molar-refractivity contribution >= 4 is 23.4 Å². The van der Waals surface area contributed by atoms with Gasteiger partial charge in [0.1, 0.15) is 5.54 Å². The van der Waals surface area contributed by atoms with Gasteiger partial charge in [-0.05, 0) is 37.2 Å². The Morgan fingerprint density at radius 2 is 2.12 bits per heavy atom. The van der Waals surface area contributed by atoms with Crippen molar-refractivity contribution in [2.24, 2.45) is 0 Å². The van der Waals surface area contributed by atoms with Gasteiger partial charge < -0.3 is 4.98 Å². The van der Waals surface area contributed by atoms with Crippen LogP contribution in [0.15, 0.2) is 18.3 Å². The fourth-order valence-electron chi connectivity index (χ4n) is 2.09. The van der Waals surface area contributed by atoms with E-state index in [2.05, 4.69) is 9.97 Å². The lowest BCUT2D eigenvalue weighted by atomic mass is 10.2. The molecule has 0 saturated heterocycles. The van der Waals surface area contributed by atoms with Gasteiger partial charge in [0.25, 0.3) is 0 Å². The maximum Gasteiger partial charge on any atom is 0.412 e. The largest absolute Gasteiger partial charge is 0.412 e. The first kappa shape index (κ1) is 10.8. The Kier molecular flexibility index (Phi) is 1.96. The highest BCUT2D eigenvalue weighted by Gasteiger charge is 2.65. The lowest BCUT2D eigenvalue weighted by Crippen LogP contribution is -2.35. The third-order valence-electron chi connectivity index (χ3n) is 3.12. The van der Waals surface area contributed by atoms with Gasteiger partial charge in [0, 0.05) is 6.20 Å². The molecule has 1 aliphatic carbocycles. The molecule has 1 fully saturated rings. The van der Waals surface area contributed by atoms with E-state index in [9.17, 15) is 13.2 Å². The first-order valence-electron chi connectivity index (χ1n) is 5.09. The van der Waals surface area contributed by atoms with E-state index >= 15 is 0 Å². The maximum absolute atomic E-state index is 13.1. The zero-order valence-corrected chi connectivity index (χ0v) is 9.40. The molecule has 0 spiro atoms. The van der Waals surface area contributed by atoms with Crippen LogP contribution in [0.1, 0.15) is 12.8 Å². The minimum absolute atomic E-state index is 0.0638. The zero-order chi connectivity index (χ0) is 12.3. The van der Waals surface area contributed by atoms with Gasteiger partial charge in [-0.15, -0.1) is 0 Å². The van der Waals surface area contributed by atoms with E-state index in [-0.39, 0.29) is 23.3 Å². The number of nitrogens with zero attached hydrogens (tertiary/aromatic N) is 2. The van der Waals surface area contributed by atoms with E-state index in [1.54, 1.807) is 12.1 Å². The summed E-state index contributed by atoms with van der Waals surface area (Å²) in [5.41, 5.74) is -1.04. The third kappa shape index (κ3) is 1.35. The second-order valence-electron chi connectivity index (χ2n) is 4.17. The molecule has 2 aromatic heterocycles. The normalized spacial score (nSPS) is 18.5. The highest BCUT2D eigenvalue weighted by Crippen LogP contribution is 2.56. The number of nitrogens with one attached hydrogen (secondary N) is 1. The molecule has 1 N–H and O–H groups in total. The van der Waals surface area contributed by atoms with Gasteiger partial charge in [-0.3, -0.25) is 4.57 Å². The van der Waals surface area contributed by atoms with Gasteiger partial charge >= 0.3 is 6.18 Å². The molecule has 1 aliphatic rings. The predicted molar refractivity (Wildman–Crippen MR) is 58.2 cm³/mol. The van der Waals surface area contributed by atoms with Crippen LogP contribution in [0.5, 0.6) is 0 Å². The Hall–Kier alpha value is -1.37. The molecule has 0 aliphatic heterocycles. The Morgan fingerprint density at radius 3 is 2.71 bits per heavy atom. The summed E-state index contributed by atoms with van der Waals surface area (Å²) < 4.78 is 40.4. The van der Waals surface area contributed by atoms with Crippen molar-refractivity contribution in [2.45, 2.75) is 24.6 Å². The summed E-state index contributed by atoms with van der Waals surface area (Å²) in [7, 11) is 0. The van der Waals surface area contributed by atoms with Gasteiger partial charge in [0.05, 0.1) is 5.52 Å². The molecule has 17 heavy (non-hydrogen) atoms. The number of aromatic nitrogens is 3. The Labute approximate surface area is 99.3 Å². The molecule has 2 aromatic rings. The Morgan fingerprint density at radius 1 is 1.41 bits per heavy atom. The van der Waals surface area contributed by atoms with Crippen LogP contribution < -0.4 is 0 Å². The number of fused-ring (bicyclic) bond motifs is 1. The summed E-state index contributed by atoms with van der Waals surface area (Å²) in [6.45, 7) is 0. The highest BCUT2D eigenvalue weighted by molar-refractivity contribution is 7.71. The molecule has 0 amide bonds. The predicted octanol–water partition coefficient (Wildman–Crippen LogP) is 3.15. The van der Waals surface area contributed by atoms with Crippen LogP contribution in [0.4, 0.5) is 13.2 Å². The van der Waals surface area contributed by atoms with Gasteiger partial charge in [-0.2, -0.15) is 13.2 Å². The molecule has 1 saturated carbocycles. The lowest BCUT2D eigenvalue weighted by Gasteiger charge is -2.21. The quantitative estimate of drug-likeness (QED) is 0.798. The van der Waals surface area contributed by atoms with Crippen LogP contribution in [-0.4, -0.2) is 20.7 Å². The van der Waals surface area contributed by atoms with Gasteiger partial charge in [0.15, 0.2) is 10.4 Å². The fourth-order valence-corrected chi connectivity index (χ4v) is 2.46. The monoisotopic (exact) mass is 259 g/mol. The van der Waals surface area contributed by atoms with Crippen molar-refractivity contribution in [3.8, 4) is 0 Å². The van der Waals surface area contributed by atoms with Crippen molar-refractivity contribution < 1.29 is 13.2 Å². The molecule has 7 heteroatoms. The summed E-state index contributed by atoms with van der Waals surface area (Å²) in [5, 5.41) is 0. The number of rotatable bonds is 1. The summed E-state index contributed by atoms with van der Waals surface area (Å²) in [6.07, 6.45) is -2.70. The summed E-state index contributed by atoms with van der Waals surface area (Å²) in [6, 6.07) is 3.33. The molecule has 0 bridgehead atoms. The SMILES string of the molecule is FC(F)(F)C1(n2c(=S)[nH]c3cccnc32)CC1. The molecule has 3 nitrogen and oxygen atoms in total. The second-order valence-corrected chi connectivity index (χ2v) is 4.56. The number of alkyl halides is 3. The van der Waals surface area contributed by atoms with Gasteiger partial charge in [-0.1, -0.05) is 0 Å². The molecule has 0 unspecified atom stereocenters. The topological polar surface area (TPSA) is 33.6 Å². The molecule has 2 heterocycles. The van der Waals surface area contributed by atoms with Gasteiger partial charge in [0.2, 0.25) is 0 Å². The first-order chi connectivity index (χ1) is 7.96. The van der Waals surface area contributed by atoms with Gasteiger partial charge in [-0.25, -0.2) is 4.98 Å². The van der Waals surface area contributed by atoms with Crippen LogP contribution in [-0.2, 0) is 5.54 Å². The number of aromatic amines is 1. The minimum atomic E-state index is -4.29. The van der Waals surface area contributed by atoms with Crippen molar-refractivity contribution in [2.75, 3.05) is 0 Å². The number of hydrogen-bond acceptors (Lipinski definition) is 2. The van der Waals surface area contributed by atoms with E-state index in [0.29, 0.717) is 5.52 Å². The van der Waals surface area contributed by atoms with E-state index in [4.69, 9.17) is 12.2 Å². The van der Waals surface area contributed by atoms with Crippen molar-refractivity contribution in [1.82, 2.24) is 14.5 Å². The van der Waals surface area contributed by atoms with E-state index < -0.39 is 11.7 Å². The number of H-pyrrole nitrogens is 1. The maximum atomic E-state index is 13.1. The number of imidazole rings is 1. The lowest BCUT2D eigenvalue weighted by molar-refractivity contribution is -0.179. The summed E-state index contributed by atoms with van der Waals surface area (Å²) >= 11 is 4.98.